The van der Waals surface area contributed by atoms with Crippen LogP contribution >= 0.6 is 23.2 Å². The summed E-state index contributed by atoms with van der Waals surface area (Å²) in [4.78, 5) is 11.6. The highest BCUT2D eigenvalue weighted by Gasteiger charge is 2.22. The second kappa shape index (κ2) is 7.41. The topological polar surface area (TPSA) is 85.6 Å². The first kappa shape index (κ1) is 18.3. The average molecular weight is 412 g/mol. The van der Waals surface area contributed by atoms with Crippen molar-refractivity contribution in [1.82, 2.24) is 0 Å². The molecule has 0 aliphatic heterocycles. The lowest BCUT2D eigenvalue weighted by molar-refractivity contribution is 0.0996. The zero-order valence-electron chi connectivity index (χ0n) is 13.0. The van der Waals surface area contributed by atoms with Crippen molar-refractivity contribution in [3.05, 3.63) is 76.7 Å². The van der Waals surface area contributed by atoms with Crippen molar-refractivity contribution < 1.29 is 21.8 Å². The van der Waals surface area contributed by atoms with Crippen molar-refractivity contribution >= 4 is 44.9 Å². The molecule has 9 heteroatoms. The van der Waals surface area contributed by atoms with E-state index in [4.69, 9.17) is 31.8 Å². The molecule has 1 amide bonds. The van der Waals surface area contributed by atoms with Crippen molar-refractivity contribution in [2.24, 2.45) is 0 Å². The largest absolute Gasteiger partial charge is 0.459 e. The lowest BCUT2D eigenvalue weighted by Gasteiger charge is -2.10. The summed E-state index contributed by atoms with van der Waals surface area (Å²) in [6, 6.07) is 13.1. The highest BCUT2D eigenvalue weighted by atomic mass is 35.5. The van der Waals surface area contributed by atoms with Gasteiger partial charge in [0.05, 0.1) is 16.3 Å². The standard InChI is InChI=1S/C17H11Cl2NO5S/c18-13-3-1-5-15(16(13)19)26(22,23)25-12-8-6-11(7-9-12)20-17(21)14-4-2-10-24-14/h1-10H,(H,20,21). The van der Waals surface area contributed by atoms with Crippen LogP contribution in [0.25, 0.3) is 0 Å². The molecular weight excluding hydrogens is 401 g/mol. The molecule has 134 valence electrons. The van der Waals surface area contributed by atoms with Crippen LogP contribution in [0.3, 0.4) is 0 Å². The Kier molecular flexibility index (Phi) is 5.22. The van der Waals surface area contributed by atoms with Crippen molar-refractivity contribution in [3.8, 4) is 5.75 Å². The normalized spacial score (nSPS) is 11.2. The molecule has 26 heavy (non-hydrogen) atoms. The Morgan fingerprint density at radius 3 is 2.38 bits per heavy atom. The molecule has 0 bridgehead atoms. The zero-order valence-corrected chi connectivity index (χ0v) is 15.3. The van der Waals surface area contributed by atoms with E-state index in [1.165, 1.54) is 54.8 Å². The number of anilines is 1. The van der Waals surface area contributed by atoms with Gasteiger partial charge in [0.15, 0.2) is 5.76 Å². The van der Waals surface area contributed by atoms with Gasteiger partial charge in [-0.15, -0.1) is 0 Å². The van der Waals surface area contributed by atoms with Gasteiger partial charge in [-0.05, 0) is 48.5 Å². The minimum absolute atomic E-state index is 0.0528. The van der Waals surface area contributed by atoms with Crippen LogP contribution in [0.5, 0.6) is 5.75 Å². The Balaban J connectivity index is 1.74. The molecule has 0 fully saturated rings. The van der Waals surface area contributed by atoms with Gasteiger partial charge < -0.3 is 13.9 Å². The maximum absolute atomic E-state index is 12.3. The van der Waals surface area contributed by atoms with E-state index in [0.717, 1.165) is 0 Å². The van der Waals surface area contributed by atoms with Gasteiger partial charge in [-0.1, -0.05) is 29.3 Å². The molecule has 0 spiro atoms. The summed E-state index contributed by atoms with van der Waals surface area (Å²) in [6.07, 6.45) is 1.39. The molecule has 3 aromatic rings. The third kappa shape index (κ3) is 4.01. The number of nitrogens with one attached hydrogen (secondary N) is 1. The van der Waals surface area contributed by atoms with Crippen molar-refractivity contribution in [2.45, 2.75) is 4.90 Å². The number of carbonyl (C=O) groups excluding carboxylic acids is 1. The molecule has 1 heterocycles. The predicted molar refractivity (Wildman–Crippen MR) is 97.4 cm³/mol. The van der Waals surface area contributed by atoms with E-state index in [0.29, 0.717) is 5.69 Å². The number of hydrogen-bond acceptors (Lipinski definition) is 5. The number of rotatable bonds is 5. The molecule has 0 atom stereocenters. The van der Waals surface area contributed by atoms with Crippen LogP contribution in [0.2, 0.25) is 10.0 Å². The van der Waals surface area contributed by atoms with Crippen molar-refractivity contribution in [3.63, 3.8) is 0 Å². The minimum Gasteiger partial charge on any atom is -0.459 e. The first-order valence-corrected chi connectivity index (χ1v) is 9.37. The van der Waals surface area contributed by atoms with E-state index < -0.39 is 16.0 Å². The molecule has 2 aromatic carbocycles. The number of halogens is 2. The summed E-state index contributed by atoms with van der Waals surface area (Å²) in [6.45, 7) is 0. The first-order valence-electron chi connectivity index (χ1n) is 7.20. The SMILES string of the molecule is O=C(Nc1ccc(OS(=O)(=O)c2cccc(Cl)c2Cl)cc1)c1ccco1. The second-order valence-corrected chi connectivity index (χ2v) is 7.35. The summed E-state index contributed by atoms with van der Waals surface area (Å²) in [7, 11) is -4.16. The lowest BCUT2D eigenvalue weighted by Crippen LogP contribution is -2.12. The van der Waals surface area contributed by atoms with Gasteiger partial charge in [0.1, 0.15) is 10.6 Å². The molecule has 6 nitrogen and oxygen atoms in total. The molecule has 0 radical (unpaired) electrons. The van der Waals surface area contributed by atoms with Crippen molar-refractivity contribution in [2.75, 3.05) is 5.32 Å². The van der Waals surface area contributed by atoms with E-state index in [9.17, 15) is 13.2 Å². The minimum atomic E-state index is -4.16. The molecule has 0 saturated carbocycles. The van der Waals surface area contributed by atoms with Gasteiger partial charge in [-0.25, -0.2) is 0 Å². The monoisotopic (exact) mass is 411 g/mol. The summed E-state index contributed by atoms with van der Waals surface area (Å²) >= 11 is 11.8. The summed E-state index contributed by atoms with van der Waals surface area (Å²) in [5.41, 5.74) is 0.442. The number of amides is 1. The summed E-state index contributed by atoms with van der Waals surface area (Å²) < 4.78 is 34.7. The van der Waals surface area contributed by atoms with Gasteiger partial charge >= 0.3 is 10.1 Å². The lowest BCUT2D eigenvalue weighted by atomic mass is 10.3. The van der Waals surface area contributed by atoms with Gasteiger partial charge in [-0.3, -0.25) is 4.79 Å². The van der Waals surface area contributed by atoms with E-state index in [1.54, 1.807) is 6.07 Å². The Bertz CT molecular complexity index is 1030. The summed E-state index contributed by atoms with van der Waals surface area (Å²) in [5.74, 6) is -0.220. The molecule has 1 N–H and O–H groups in total. The highest BCUT2D eigenvalue weighted by molar-refractivity contribution is 7.87. The van der Waals surface area contributed by atoms with Crippen LogP contribution in [-0.2, 0) is 10.1 Å². The Morgan fingerprint density at radius 2 is 1.73 bits per heavy atom. The molecule has 0 aliphatic rings. The van der Waals surface area contributed by atoms with E-state index in [-0.39, 0.29) is 26.5 Å². The Morgan fingerprint density at radius 1 is 1.00 bits per heavy atom. The third-order valence-electron chi connectivity index (χ3n) is 3.25. The number of benzene rings is 2. The quantitative estimate of drug-likeness (QED) is 0.619. The number of carbonyl (C=O) groups is 1. The fourth-order valence-corrected chi connectivity index (χ4v) is 3.71. The molecule has 0 saturated heterocycles. The van der Waals surface area contributed by atoms with Gasteiger partial charge in [-0.2, -0.15) is 8.42 Å². The van der Waals surface area contributed by atoms with E-state index in [1.807, 2.05) is 0 Å². The fourth-order valence-electron chi connectivity index (χ4n) is 2.04. The molecule has 3 rings (SSSR count). The van der Waals surface area contributed by atoms with Gasteiger partial charge in [0, 0.05) is 5.69 Å². The van der Waals surface area contributed by atoms with Crippen LogP contribution in [0.1, 0.15) is 10.6 Å². The predicted octanol–water partition coefficient (Wildman–Crippen LogP) is 4.61. The summed E-state index contributed by atoms with van der Waals surface area (Å²) in [5, 5.41) is 2.60. The molecular formula is C17H11Cl2NO5S. The molecule has 0 unspecified atom stereocenters. The van der Waals surface area contributed by atoms with Gasteiger partial charge in [0.2, 0.25) is 0 Å². The van der Waals surface area contributed by atoms with Gasteiger partial charge in [0.25, 0.3) is 5.91 Å². The van der Waals surface area contributed by atoms with Crippen molar-refractivity contribution in [1.29, 1.82) is 0 Å². The Hall–Kier alpha value is -2.48. The maximum atomic E-state index is 12.3. The molecule has 1 aromatic heterocycles. The van der Waals surface area contributed by atoms with Crippen LogP contribution in [-0.4, -0.2) is 14.3 Å². The van der Waals surface area contributed by atoms with E-state index in [2.05, 4.69) is 5.32 Å². The van der Waals surface area contributed by atoms with Crippen LogP contribution in [0, 0.1) is 0 Å². The average Bonchev–Trinajstić information content (AvgIpc) is 3.13. The molecule has 0 aliphatic carbocycles. The first-order chi connectivity index (χ1) is 12.4. The highest BCUT2D eigenvalue weighted by Crippen LogP contribution is 2.31. The third-order valence-corrected chi connectivity index (χ3v) is 5.47. The van der Waals surface area contributed by atoms with Crippen LogP contribution < -0.4 is 9.50 Å². The van der Waals surface area contributed by atoms with E-state index >= 15 is 0 Å². The maximum Gasteiger partial charge on any atom is 0.340 e. The Labute approximate surface area is 159 Å². The number of furan rings is 1. The smallest absolute Gasteiger partial charge is 0.340 e. The van der Waals surface area contributed by atoms with Crippen LogP contribution in [0.15, 0.2) is 70.2 Å². The zero-order chi connectivity index (χ0) is 18.7. The fraction of sp³-hybridized carbons (Fsp3) is 0. The second-order valence-electron chi connectivity index (χ2n) is 5.05. The number of hydrogen-bond donors (Lipinski definition) is 1. The van der Waals surface area contributed by atoms with Crippen LogP contribution in [0.4, 0.5) is 5.69 Å².